The summed E-state index contributed by atoms with van der Waals surface area (Å²) in [7, 11) is 0. The van der Waals surface area contributed by atoms with Gasteiger partial charge in [0.2, 0.25) is 0 Å². The fraction of sp³-hybridized carbons (Fsp3) is 0.167. The summed E-state index contributed by atoms with van der Waals surface area (Å²) in [5, 5.41) is 0.748. The van der Waals surface area contributed by atoms with E-state index in [-0.39, 0.29) is 12.2 Å². The summed E-state index contributed by atoms with van der Waals surface area (Å²) in [4.78, 5) is 11.4. The lowest BCUT2D eigenvalue weighted by molar-refractivity contribution is -0.138. The molecule has 0 saturated heterocycles. The van der Waals surface area contributed by atoms with Crippen LogP contribution in [0.4, 0.5) is 13.2 Å². The van der Waals surface area contributed by atoms with Crippen LogP contribution in [-0.2, 0) is 12.8 Å². The molecule has 124 valence electrons. The third-order valence-corrected chi connectivity index (χ3v) is 3.64. The lowest BCUT2D eigenvalue weighted by Crippen LogP contribution is -2.10. The van der Waals surface area contributed by atoms with Gasteiger partial charge in [-0.25, -0.2) is 4.79 Å². The van der Waals surface area contributed by atoms with Gasteiger partial charge in [0.05, 0.1) is 5.56 Å². The minimum Gasteiger partial charge on any atom is -0.489 e. The Kier molecular flexibility index (Phi) is 4.05. The molecule has 0 aliphatic heterocycles. The number of aryl methyl sites for hydroxylation is 1. The second-order valence-corrected chi connectivity index (χ2v) is 5.35. The molecule has 0 spiro atoms. The van der Waals surface area contributed by atoms with E-state index >= 15 is 0 Å². The highest BCUT2D eigenvalue weighted by Crippen LogP contribution is 2.32. The van der Waals surface area contributed by atoms with E-state index in [9.17, 15) is 18.0 Å². The summed E-state index contributed by atoms with van der Waals surface area (Å²) in [6, 6.07) is 11.5. The summed E-state index contributed by atoms with van der Waals surface area (Å²) in [6.07, 6.45) is -4.44. The van der Waals surface area contributed by atoms with Crippen molar-refractivity contribution in [3.05, 3.63) is 75.6 Å². The molecule has 3 rings (SSSR count). The summed E-state index contributed by atoms with van der Waals surface area (Å²) < 4.78 is 49.4. The predicted octanol–water partition coefficient (Wildman–Crippen LogP) is 4.70. The molecular formula is C18H13F3O3. The first kappa shape index (κ1) is 16.1. The highest BCUT2D eigenvalue weighted by molar-refractivity contribution is 5.81. The van der Waals surface area contributed by atoms with Crippen molar-refractivity contribution >= 4 is 11.0 Å². The molecule has 0 unspecified atom stereocenters. The summed E-state index contributed by atoms with van der Waals surface area (Å²) in [6.45, 7) is 1.54. The van der Waals surface area contributed by atoms with Crippen molar-refractivity contribution in [1.82, 2.24) is 0 Å². The number of hydrogen-bond donors (Lipinski definition) is 0. The van der Waals surface area contributed by atoms with E-state index in [1.807, 2.05) is 0 Å². The number of ether oxygens (including phenoxy) is 1. The Balaban J connectivity index is 1.88. The van der Waals surface area contributed by atoms with Gasteiger partial charge < -0.3 is 9.15 Å². The first-order valence-electron chi connectivity index (χ1n) is 7.17. The molecule has 0 bridgehead atoms. The average molecular weight is 334 g/mol. The molecule has 1 aromatic heterocycles. The zero-order valence-corrected chi connectivity index (χ0v) is 12.7. The van der Waals surface area contributed by atoms with Gasteiger partial charge in [-0.1, -0.05) is 18.2 Å². The van der Waals surface area contributed by atoms with Crippen molar-refractivity contribution in [2.45, 2.75) is 19.7 Å². The first-order chi connectivity index (χ1) is 11.3. The molecule has 0 aliphatic carbocycles. The second-order valence-electron chi connectivity index (χ2n) is 5.35. The van der Waals surface area contributed by atoms with Gasteiger partial charge in [0.1, 0.15) is 17.9 Å². The van der Waals surface area contributed by atoms with Crippen molar-refractivity contribution in [3.8, 4) is 5.75 Å². The highest BCUT2D eigenvalue weighted by Gasteiger charge is 2.32. The van der Waals surface area contributed by atoms with E-state index in [2.05, 4.69) is 0 Å². The molecule has 0 fully saturated rings. The van der Waals surface area contributed by atoms with Crippen LogP contribution in [0.1, 0.15) is 16.7 Å². The standard InChI is InChI=1S/C18H13F3O3/c1-11-8-17(22)24-16-9-13(6-7-14(11)16)23-10-12-4-2-3-5-15(12)18(19,20)21/h2-9H,10H2,1H3. The van der Waals surface area contributed by atoms with Crippen LogP contribution in [-0.4, -0.2) is 0 Å². The number of hydrogen-bond acceptors (Lipinski definition) is 3. The normalized spacial score (nSPS) is 11.7. The van der Waals surface area contributed by atoms with Gasteiger partial charge in [0.25, 0.3) is 0 Å². The molecule has 0 N–H and O–H groups in total. The predicted molar refractivity (Wildman–Crippen MR) is 83.0 cm³/mol. The van der Waals surface area contributed by atoms with Crippen molar-refractivity contribution in [3.63, 3.8) is 0 Å². The van der Waals surface area contributed by atoms with E-state index in [1.165, 1.54) is 30.3 Å². The molecule has 24 heavy (non-hydrogen) atoms. The third kappa shape index (κ3) is 3.27. The lowest BCUT2D eigenvalue weighted by Gasteiger charge is -2.13. The molecule has 6 heteroatoms. The maximum Gasteiger partial charge on any atom is 0.416 e. The SMILES string of the molecule is Cc1cc(=O)oc2cc(OCc3ccccc3C(F)(F)F)ccc12. The number of halogens is 3. The molecule has 0 atom stereocenters. The van der Waals surface area contributed by atoms with E-state index in [0.717, 1.165) is 17.0 Å². The zero-order chi connectivity index (χ0) is 17.3. The van der Waals surface area contributed by atoms with Crippen LogP contribution in [0.15, 0.2) is 57.7 Å². The molecule has 3 nitrogen and oxygen atoms in total. The van der Waals surface area contributed by atoms with Crippen molar-refractivity contribution in [2.75, 3.05) is 0 Å². The van der Waals surface area contributed by atoms with Gasteiger partial charge in [-0.3, -0.25) is 0 Å². The molecule has 0 aliphatic rings. The van der Waals surface area contributed by atoms with Gasteiger partial charge in [-0.05, 0) is 30.7 Å². The smallest absolute Gasteiger partial charge is 0.416 e. The maximum atomic E-state index is 13.0. The third-order valence-electron chi connectivity index (χ3n) is 3.64. The Morgan fingerprint density at radius 3 is 2.58 bits per heavy atom. The minimum atomic E-state index is -4.44. The van der Waals surface area contributed by atoms with Crippen LogP contribution in [0.5, 0.6) is 5.75 Å². The summed E-state index contributed by atoms with van der Waals surface area (Å²) in [5.74, 6) is 0.327. The molecule has 3 aromatic rings. The summed E-state index contributed by atoms with van der Waals surface area (Å²) >= 11 is 0. The van der Waals surface area contributed by atoms with Crippen LogP contribution < -0.4 is 10.4 Å². The maximum absolute atomic E-state index is 13.0. The largest absolute Gasteiger partial charge is 0.489 e. The molecule has 1 heterocycles. The minimum absolute atomic E-state index is 0.0378. The fourth-order valence-electron chi connectivity index (χ4n) is 2.48. The number of fused-ring (bicyclic) bond motifs is 1. The topological polar surface area (TPSA) is 39.4 Å². The van der Waals surface area contributed by atoms with Crippen LogP contribution in [0.3, 0.4) is 0 Å². The zero-order valence-electron chi connectivity index (χ0n) is 12.7. The quantitative estimate of drug-likeness (QED) is 0.652. The monoisotopic (exact) mass is 334 g/mol. The van der Waals surface area contributed by atoms with Crippen molar-refractivity contribution in [2.24, 2.45) is 0 Å². The number of benzene rings is 2. The van der Waals surface area contributed by atoms with Gasteiger partial charge in [0.15, 0.2) is 0 Å². The molecule has 0 amide bonds. The van der Waals surface area contributed by atoms with E-state index in [4.69, 9.17) is 9.15 Å². The van der Waals surface area contributed by atoms with Crippen LogP contribution in [0.2, 0.25) is 0 Å². The fourth-order valence-corrected chi connectivity index (χ4v) is 2.48. The van der Waals surface area contributed by atoms with Gasteiger partial charge in [0, 0.05) is 23.1 Å². The van der Waals surface area contributed by atoms with Gasteiger partial charge in [-0.2, -0.15) is 13.2 Å². The van der Waals surface area contributed by atoms with Crippen LogP contribution in [0.25, 0.3) is 11.0 Å². The van der Waals surface area contributed by atoms with E-state index in [0.29, 0.717) is 11.3 Å². The van der Waals surface area contributed by atoms with Crippen LogP contribution in [0, 0.1) is 6.92 Å². The summed E-state index contributed by atoms with van der Waals surface area (Å²) in [5.41, 5.74) is -0.0830. The van der Waals surface area contributed by atoms with Crippen molar-refractivity contribution in [1.29, 1.82) is 0 Å². The Hall–Kier alpha value is -2.76. The Bertz CT molecular complexity index is 942. The lowest BCUT2D eigenvalue weighted by atomic mass is 10.1. The second kappa shape index (κ2) is 6.03. The average Bonchev–Trinajstić information content (AvgIpc) is 2.51. The van der Waals surface area contributed by atoms with E-state index < -0.39 is 17.4 Å². The van der Waals surface area contributed by atoms with Crippen LogP contribution >= 0.6 is 0 Å². The first-order valence-corrected chi connectivity index (χ1v) is 7.17. The molecule has 0 saturated carbocycles. The Morgan fingerprint density at radius 2 is 1.83 bits per heavy atom. The van der Waals surface area contributed by atoms with Gasteiger partial charge >= 0.3 is 11.8 Å². The van der Waals surface area contributed by atoms with Gasteiger partial charge in [-0.15, -0.1) is 0 Å². The Morgan fingerprint density at radius 1 is 1.08 bits per heavy atom. The molecular weight excluding hydrogens is 321 g/mol. The molecule has 0 radical (unpaired) electrons. The highest BCUT2D eigenvalue weighted by atomic mass is 19.4. The Labute approximate surface area is 135 Å². The number of rotatable bonds is 3. The number of alkyl halides is 3. The molecule has 2 aromatic carbocycles. The van der Waals surface area contributed by atoms with E-state index in [1.54, 1.807) is 19.1 Å². The van der Waals surface area contributed by atoms with Crippen molar-refractivity contribution < 1.29 is 22.3 Å².